The van der Waals surface area contributed by atoms with Crippen LogP contribution in [-0.2, 0) is 14.8 Å². The van der Waals surface area contributed by atoms with Crippen molar-refractivity contribution in [1.29, 1.82) is 0 Å². The Morgan fingerprint density at radius 3 is 2.40 bits per heavy atom. The van der Waals surface area contributed by atoms with Gasteiger partial charge in [-0.05, 0) is 51.0 Å². The van der Waals surface area contributed by atoms with E-state index in [1.807, 2.05) is 0 Å². The molecule has 1 aromatic rings. The maximum Gasteiger partial charge on any atom is 0.328 e. The molecule has 20 heavy (non-hydrogen) atoms. The van der Waals surface area contributed by atoms with Gasteiger partial charge in [-0.1, -0.05) is 12.1 Å². The van der Waals surface area contributed by atoms with Crippen molar-refractivity contribution in [2.75, 3.05) is 4.72 Å². The molecule has 0 radical (unpaired) electrons. The molecule has 1 rings (SSSR count). The Kier molecular flexibility index (Phi) is 4.60. The van der Waals surface area contributed by atoms with Crippen molar-refractivity contribution < 1.29 is 18.3 Å². The zero-order valence-corrected chi connectivity index (χ0v) is 12.8. The fraction of sp³-hybridized carbons (Fsp3) is 0.357. The first-order valence-electron chi connectivity index (χ1n) is 6.07. The lowest BCUT2D eigenvalue weighted by Gasteiger charge is -2.21. The second-order valence-corrected chi connectivity index (χ2v) is 7.90. The number of nitrogens with one attached hydrogen (secondary N) is 1. The normalized spacial score (nSPS) is 12.6. The molecule has 110 valence electrons. The summed E-state index contributed by atoms with van der Waals surface area (Å²) >= 11 is 0. The van der Waals surface area contributed by atoms with Crippen molar-refractivity contribution in [2.24, 2.45) is 0 Å². The van der Waals surface area contributed by atoms with E-state index in [0.29, 0.717) is 11.3 Å². The molecule has 0 heterocycles. The Labute approximate surface area is 119 Å². The van der Waals surface area contributed by atoms with Crippen molar-refractivity contribution in [2.45, 2.75) is 32.4 Å². The molecule has 0 bridgehead atoms. The fourth-order valence-corrected chi connectivity index (χ4v) is 2.13. The van der Waals surface area contributed by atoms with Crippen LogP contribution in [0.2, 0.25) is 0 Å². The molecule has 0 spiro atoms. The quantitative estimate of drug-likeness (QED) is 0.837. The smallest absolute Gasteiger partial charge is 0.328 e. The molecule has 6 heteroatoms. The van der Waals surface area contributed by atoms with Crippen LogP contribution in [0.5, 0.6) is 0 Å². The standard InChI is InChI=1S/C14H19NO4S/c1-10-5-6-11(7-8-13(16)17)9-12(10)15-20(18,19)14(2,3)4/h5-9,15H,1-4H3,(H,16,17). The first-order chi connectivity index (χ1) is 9.03. The third-order valence-electron chi connectivity index (χ3n) is 2.73. The number of hydrogen-bond donors (Lipinski definition) is 2. The summed E-state index contributed by atoms with van der Waals surface area (Å²) in [6, 6.07) is 5.07. The van der Waals surface area contributed by atoms with Gasteiger partial charge in [0.1, 0.15) is 0 Å². The third kappa shape index (κ3) is 4.09. The van der Waals surface area contributed by atoms with Gasteiger partial charge in [0.2, 0.25) is 10.0 Å². The molecule has 1 aromatic carbocycles. The van der Waals surface area contributed by atoms with Gasteiger partial charge in [-0.3, -0.25) is 4.72 Å². The number of aliphatic carboxylic acids is 1. The van der Waals surface area contributed by atoms with E-state index in [0.717, 1.165) is 11.6 Å². The Morgan fingerprint density at radius 2 is 1.90 bits per heavy atom. The summed E-state index contributed by atoms with van der Waals surface area (Å²) in [4.78, 5) is 10.5. The predicted molar refractivity (Wildman–Crippen MR) is 80.1 cm³/mol. The van der Waals surface area contributed by atoms with Gasteiger partial charge in [-0.15, -0.1) is 0 Å². The molecule has 0 atom stereocenters. The largest absolute Gasteiger partial charge is 0.478 e. The molecule has 5 nitrogen and oxygen atoms in total. The number of sulfonamides is 1. The number of rotatable bonds is 4. The molecule has 0 fully saturated rings. The van der Waals surface area contributed by atoms with Gasteiger partial charge < -0.3 is 5.11 Å². The SMILES string of the molecule is Cc1ccc(C=CC(=O)O)cc1NS(=O)(=O)C(C)(C)C. The van der Waals surface area contributed by atoms with Crippen LogP contribution < -0.4 is 4.72 Å². The zero-order valence-electron chi connectivity index (χ0n) is 12.0. The number of carboxylic acids is 1. The monoisotopic (exact) mass is 297 g/mol. The number of aryl methyl sites for hydroxylation is 1. The molecule has 0 unspecified atom stereocenters. The highest BCUT2D eigenvalue weighted by atomic mass is 32.2. The van der Waals surface area contributed by atoms with Crippen LogP contribution in [0.15, 0.2) is 24.3 Å². The van der Waals surface area contributed by atoms with Crippen LogP contribution in [0.3, 0.4) is 0 Å². The minimum Gasteiger partial charge on any atom is -0.478 e. The third-order valence-corrected chi connectivity index (χ3v) is 4.83. The molecule has 0 aliphatic rings. The number of carboxylic acid groups (broad SMARTS) is 1. The topological polar surface area (TPSA) is 83.5 Å². The highest BCUT2D eigenvalue weighted by Gasteiger charge is 2.29. The molecule has 0 amide bonds. The van der Waals surface area contributed by atoms with Crippen LogP contribution in [-0.4, -0.2) is 24.2 Å². The maximum atomic E-state index is 12.1. The van der Waals surface area contributed by atoms with E-state index < -0.39 is 20.7 Å². The summed E-state index contributed by atoms with van der Waals surface area (Å²) in [7, 11) is -3.51. The van der Waals surface area contributed by atoms with Crippen LogP contribution in [0.1, 0.15) is 31.9 Å². The minimum atomic E-state index is -3.51. The van der Waals surface area contributed by atoms with Crippen LogP contribution >= 0.6 is 0 Å². The van der Waals surface area contributed by atoms with E-state index >= 15 is 0 Å². The van der Waals surface area contributed by atoms with Crippen molar-refractivity contribution in [3.63, 3.8) is 0 Å². The van der Waals surface area contributed by atoms with E-state index in [1.165, 1.54) is 6.08 Å². The van der Waals surface area contributed by atoms with Crippen molar-refractivity contribution in [3.8, 4) is 0 Å². The van der Waals surface area contributed by atoms with Crippen LogP contribution in [0.25, 0.3) is 6.08 Å². The van der Waals surface area contributed by atoms with Gasteiger partial charge in [-0.25, -0.2) is 13.2 Å². The highest BCUT2D eigenvalue weighted by Crippen LogP contribution is 2.23. The van der Waals surface area contributed by atoms with E-state index in [9.17, 15) is 13.2 Å². The number of anilines is 1. The zero-order chi connectivity index (χ0) is 15.6. The summed E-state index contributed by atoms with van der Waals surface area (Å²) in [6.07, 6.45) is 2.42. The van der Waals surface area contributed by atoms with Crippen molar-refractivity contribution in [3.05, 3.63) is 35.4 Å². The molecule has 2 N–H and O–H groups in total. The summed E-state index contributed by atoms with van der Waals surface area (Å²) < 4.78 is 25.9. The molecule has 0 aliphatic carbocycles. The van der Waals surface area contributed by atoms with Crippen molar-refractivity contribution >= 4 is 27.8 Å². The summed E-state index contributed by atoms with van der Waals surface area (Å²) in [5.74, 6) is -1.05. The lowest BCUT2D eigenvalue weighted by molar-refractivity contribution is -0.131. The first-order valence-corrected chi connectivity index (χ1v) is 7.55. The van der Waals surface area contributed by atoms with E-state index in [2.05, 4.69) is 4.72 Å². The fourth-order valence-electron chi connectivity index (χ4n) is 1.32. The number of carbonyl (C=O) groups is 1. The van der Waals surface area contributed by atoms with Gasteiger partial charge in [0.05, 0.1) is 10.4 Å². The minimum absolute atomic E-state index is 0.451. The van der Waals surface area contributed by atoms with Gasteiger partial charge in [0.15, 0.2) is 0 Å². The maximum absolute atomic E-state index is 12.1. The van der Waals surface area contributed by atoms with Gasteiger partial charge in [0, 0.05) is 6.08 Å². The Balaban J connectivity index is 3.14. The summed E-state index contributed by atoms with van der Waals surface area (Å²) in [5, 5.41) is 8.59. The molecule has 0 saturated heterocycles. The second kappa shape index (κ2) is 5.66. The van der Waals surface area contributed by atoms with E-state index in [-0.39, 0.29) is 0 Å². The Morgan fingerprint density at radius 1 is 1.30 bits per heavy atom. The van der Waals surface area contributed by atoms with Gasteiger partial charge in [-0.2, -0.15) is 0 Å². The second-order valence-electron chi connectivity index (χ2n) is 5.46. The number of benzene rings is 1. The van der Waals surface area contributed by atoms with Crippen LogP contribution in [0, 0.1) is 6.92 Å². The van der Waals surface area contributed by atoms with Gasteiger partial charge >= 0.3 is 5.97 Å². The molecular formula is C14H19NO4S. The molecule has 0 aromatic heterocycles. The summed E-state index contributed by atoms with van der Waals surface area (Å²) in [5.41, 5.74) is 1.84. The number of hydrogen-bond acceptors (Lipinski definition) is 3. The molecule has 0 saturated carbocycles. The molecular weight excluding hydrogens is 278 g/mol. The van der Waals surface area contributed by atoms with Crippen LogP contribution in [0.4, 0.5) is 5.69 Å². The first kappa shape index (κ1) is 16.2. The Hall–Kier alpha value is -1.82. The average Bonchev–Trinajstić information content (AvgIpc) is 2.28. The average molecular weight is 297 g/mol. The predicted octanol–water partition coefficient (Wildman–Crippen LogP) is 2.63. The Bertz CT molecular complexity index is 640. The lowest BCUT2D eigenvalue weighted by atomic mass is 10.1. The molecule has 0 aliphatic heterocycles. The lowest BCUT2D eigenvalue weighted by Crippen LogP contribution is -2.33. The van der Waals surface area contributed by atoms with Crippen molar-refractivity contribution in [1.82, 2.24) is 0 Å². The highest BCUT2D eigenvalue weighted by molar-refractivity contribution is 7.94. The van der Waals surface area contributed by atoms with Gasteiger partial charge in [0.25, 0.3) is 0 Å². The van der Waals surface area contributed by atoms with E-state index in [4.69, 9.17) is 5.11 Å². The van der Waals surface area contributed by atoms with E-state index in [1.54, 1.807) is 45.9 Å². The summed E-state index contributed by atoms with van der Waals surface area (Å²) in [6.45, 7) is 6.61.